The predicted octanol–water partition coefficient (Wildman–Crippen LogP) is 7.60. The molecule has 1 aliphatic rings. The second-order valence-electron chi connectivity index (χ2n) is 8.77. The average Bonchev–Trinajstić information content (AvgIpc) is 3.16. The molecule has 0 unspecified atom stereocenters. The molecule has 0 spiro atoms. The number of pyridine rings is 1. The quantitative estimate of drug-likeness (QED) is 0.245. The van der Waals surface area contributed by atoms with E-state index >= 15 is 0 Å². The van der Waals surface area contributed by atoms with Crippen LogP contribution in [0.5, 0.6) is 0 Å². The van der Waals surface area contributed by atoms with Gasteiger partial charge in [-0.05, 0) is 55.3 Å². The number of rotatable bonds is 2. The van der Waals surface area contributed by atoms with Crippen LogP contribution < -0.4 is 4.57 Å². The largest absolute Gasteiger partial charge is 0.456 e. The van der Waals surface area contributed by atoms with Gasteiger partial charge in [0.1, 0.15) is 18.2 Å². The lowest BCUT2D eigenvalue weighted by molar-refractivity contribution is -0.666. The molecule has 1 fully saturated rings. The summed E-state index contributed by atoms with van der Waals surface area (Å²) in [6, 6.07) is 8.44. The number of furan rings is 1. The van der Waals surface area contributed by atoms with Crippen LogP contribution in [-0.4, -0.2) is 0 Å². The Morgan fingerprint density at radius 3 is 2.58 bits per heavy atom. The van der Waals surface area contributed by atoms with Gasteiger partial charge in [0.2, 0.25) is 5.69 Å². The van der Waals surface area contributed by atoms with E-state index in [0.717, 1.165) is 52.4 Å². The molecule has 2 aromatic carbocycles. The minimum Gasteiger partial charge on any atom is -0.456 e. The fraction of sp³-hybridized carbons (Fsp3) is 0.357. The predicted molar refractivity (Wildman–Crippen MR) is 127 cm³/mol. The van der Waals surface area contributed by atoms with E-state index in [9.17, 15) is 2.74 Å². The minimum absolute atomic E-state index is 0.254. The van der Waals surface area contributed by atoms with Crippen molar-refractivity contribution in [2.45, 2.75) is 58.8 Å². The number of nitrogens with zero attached hydrogens (tertiary/aromatic N) is 2. The third kappa shape index (κ3) is 3.22. The molecule has 3 nitrogen and oxygen atoms in total. The molecule has 3 heteroatoms. The van der Waals surface area contributed by atoms with Gasteiger partial charge in [-0.2, -0.15) is 4.57 Å². The molecule has 1 aliphatic carbocycles. The molecule has 0 aliphatic heterocycles. The highest BCUT2D eigenvalue weighted by molar-refractivity contribution is 6.10. The lowest BCUT2D eigenvalue weighted by Gasteiger charge is -2.22. The highest BCUT2D eigenvalue weighted by atomic mass is 16.3. The first kappa shape index (κ1) is 16.6. The first-order chi connectivity index (χ1) is 16.2. The summed E-state index contributed by atoms with van der Waals surface area (Å²) in [5.41, 5.74) is 6.59. The zero-order valence-electron chi connectivity index (χ0n) is 21.6. The van der Waals surface area contributed by atoms with Gasteiger partial charge in [0.25, 0.3) is 0 Å². The van der Waals surface area contributed by atoms with Crippen LogP contribution in [0, 0.1) is 27.3 Å². The molecule has 2 aromatic heterocycles. The second-order valence-corrected chi connectivity index (χ2v) is 8.77. The van der Waals surface area contributed by atoms with Crippen molar-refractivity contribution in [2.24, 2.45) is 7.05 Å². The summed E-state index contributed by atoms with van der Waals surface area (Å²) >= 11 is 0. The molecule has 0 radical (unpaired) electrons. The van der Waals surface area contributed by atoms with Crippen LogP contribution >= 0.6 is 0 Å². The molecular weight excluding hydrogens is 380 g/mol. The van der Waals surface area contributed by atoms with Gasteiger partial charge in [-0.25, -0.2) is 4.85 Å². The molecule has 0 atom stereocenters. The van der Waals surface area contributed by atoms with Crippen molar-refractivity contribution in [3.8, 4) is 11.3 Å². The Bertz CT molecular complexity index is 1520. The van der Waals surface area contributed by atoms with Gasteiger partial charge in [0, 0.05) is 31.2 Å². The zero-order valence-corrected chi connectivity index (χ0v) is 18.6. The molecule has 0 bridgehead atoms. The van der Waals surface area contributed by atoms with E-state index in [1.54, 1.807) is 6.07 Å². The van der Waals surface area contributed by atoms with E-state index < -0.39 is 5.89 Å². The van der Waals surface area contributed by atoms with Crippen LogP contribution in [0.15, 0.2) is 40.8 Å². The SMILES string of the molecule is [2H]c1c(C2([2H])CCCCC2)c([2H])c(-c2c(C)ccc3c2oc2cc([N+]#[C-])c(C)cc23)[n+](C)c1C. The Morgan fingerprint density at radius 2 is 1.84 bits per heavy atom. The monoisotopic (exact) mass is 412 g/mol. The van der Waals surface area contributed by atoms with E-state index in [0.29, 0.717) is 47.0 Å². The van der Waals surface area contributed by atoms with Crippen LogP contribution in [0.2, 0.25) is 0 Å². The maximum Gasteiger partial charge on any atom is 0.216 e. The molecule has 0 N–H and O–H groups in total. The number of aryl methyl sites for hydroxylation is 2. The molecule has 31 heavy (non-hydrogen) atoms. The third-order valence-corrected chi connectivity index (χ3v) is 6.72. The van der Waals surface area contributed by atoms with Crippen molar-refractivity contribution < 1.29 is 13.1 Å². The normalized spacial score (nSPS) is 17.3. The Kier molecular flexibility index (Phi) is 4.02. The molecule has 0 amide bonds. The Balaban J connectivity index is 1.88. The Labute approximate surface area is 188 Å². The number of benzene rings is 2. The highest BCUT2D eigenvalue weighted by Crippen LogP contribution is 2.40. The van der Waals surface area contributed by atoms with Crippen LogP contribution in [0.3, 0.4) is 0 Å². The third-order valence-electron chi connectivity index (χ3n) is 6.72. The number of hydrogen-bond donors (Lipinski definition) is 0. The van der Waals surface area contributed by atoms with Crippen LogP contribution in [0.1, 0.15) is 64.5 Å². The number of hydrogen-bond acceptors (Lipinski definition) is 1. The average molecular weight is 413 g/mol. The highest BCUT2D eigenvalue weighted by Gasteiger charge is 2.25. The van der Waals surface area contributed by atoms with Gasteiger partial charge in [0.05, 0.1) is 14.9 Å². The van der Waals surface area contributed by atoms with Gasteiger partial charge in [-0.3, -0.25) is 0 Å². The second kappa shape index (κ2) is 7.54. The maximum absolute atomic E-state index is 9.29. The zero-order chi connectivity index (χ0) is 24.4. The fourth-order valence-corrected chi connectivity index (χ4v) is 4.80. The fourth-order valence-electron chi connectivity index (χ4n) is 4.80. The van der Waals surface area contributed by atoms with Crippen molar-refractivity contribution in [1.29, 1.82) is 0 Å². The molecule has 5 rings (SSSR count). The van der Waals surface area contributed by atoms with Crippen molar-refractivity contribution in [1.82, 2.24) is 0 Å². The summed E-state index contributed by atoms with van der Waals surface area (Å²) in [5, 5.41) is 1.90. The molecule has 2 heterocycles. The van der Waals surface area contributed by atoms with Crippen LogP contribution in [0.4, 0.5) is 5.69 Å². The Morgan fingerprint density at radius 1 is 1.06 bits per heavy atom. The summed E-state index contributed by atoms with van der Waals surface area (Å²) in [6.07, 6.45) is 4.39. The van der Waals surface area contributed by atoms with E-state index in [1.165, 1.54) is 0 Å². The smallest absolute Gasteiger partial charge is 0.216 e. The maximum atomic E-state index is 9.29. The summed E-state index contributed by atoms with van der Waals surface area (Å²) in [6.45, 7) is 13.3. The van der Waals surface area contributed by atoms with Crippen LogP contribution in [-0.2, 0) is 7.05 Å². The van der Waals surface area contributed by atoms with E-state index in [1.807, 2.05) is 50.6 Å². The topological polar surface area (TPSA) is 21.4 Å². The van der Waals surface area contributed by atoms with Gasteiger partial charge < -0.3 is 4.42 Å². The summed E-state index contributed by atoms with van der Waals surface area (Å²) in [4.78, 5) is 3.62. The number of fused-ring (bicyclic) bond motifs is 3. The van der Waals surface area contributed by atoms with Crippen molar-refractivity contribution in [3.63, 3.8) is 0 Å². The van der Waals surface area contributed by atoms with Gasteiger partial charge in [0.15, 0.2) is 11.4 Å². The molecule has 0 saturated heterocycles. The lowest BCUT2D eigenvalue weighted by Crippen LogP contribution is -2.35. The van der Waals surface area contributed by atoms with Gasteiger partial charge in [-0.15, -0.1) is 0 Å². The minimum atomic E-state index is -0.905. The summed E-state index contributed by atoms with van der Waals surface area (Å²) in [5.74, 6) is -0.905. The molecule has 1 saturated carbocycles. The molecular formula is C28H29N2O+. The van der Waals surface area contributed by atoms with Crippen LogP contribution in [0.25, 0.3) is 38.0 Å². The van der Waals surface area contributed by atoms with E-state index in [2.05, 4.69) is 4.85 Å². The van der Waals surface area contributed by atoms with Crippen molar-refractivity contribution in [2.75, 3.05) is 0 Å². The summed E-state index contributed by atoms with van der Waals surface area (Å²) in [7, 11) is 1.89. The van der Waals surface area contributed by atoms with Crippen molar-refractivity contribution >= 4 is 27.6 Å². The Hall–Kier alpha value is -3.12. The molecule has 156 valence electrons. The summed E-state index contributed by atoms with van der Waals surface area (Å²) < 4.78 is 35.7. The number of aromatic nitrogens is 1. The van der Waals surface area contributed by atoms with E-state index in [-0.39, 0.29) is 6.04 Å². The standard InChI is InChI=1S/C28H29N2O/c1-17-11-12-22-23-13-18(2)24(29-4)16-26(23)31-28(22)27(17)25-15-21(14-19(3)30(25)5)20-9-7-6-8-10-20/h11-16,20H,6-10H2,1-3,5H3/q+1/i14D,15D,20D. The first-order valence-electron chi connectivity index (χ1n) is 12.5. The van der Waals surface area contributed by atoms with Gasteiger partial charge >= 0.3 is 0 Å². The van der Waals surface area contributed by atoms with Gasteiger partial charge in [-0.1, -0.05) is 37.5 Å². The molecule has 4 aromatic rings. The first-order valence-corrected chi connectivity index (χ1v) is 11.0. The van der Waals surface area contributed by atoms with Crippen molar-refractivity contribution in [3.05, 3.63) is 70.2 Å². The lowest BCUT2D eigenvalue weighted by atomic mass is 9.83. The van der Waals surface area contributed by atoms with E-state index in [4.69, 9.17) is 12.4 Å².